The molecule has 12 heteroatoms. The van der Waals surface area contributed by atoms with Gasteiger partial charge in [-0.15, -0.1) is 16.4 Å². The lowest BCUT2D eigenvalue weighted by atomic mass is 9.93. The number of aryl methyl sites for hydroxylation is 2. The fraction of sp³-hybridized carbons (Fsp3) is 0.270. The molecule has 6 heterocycles. The molecule has 49 heavy (non-hydrogen) atoms. The van der Waals surface area contributed by atoms with Crippen molar-refractivity contribution in [2.75, 3.05) is 19.0 Å². The number of amides is 1. The van der Waals surface area contributed by atoms with Crippen LogP contribution < -0.4 is 15.8 Å². The smallest absolute Gasteiger partial charge is 0.434 e. The molecular formula is C37H31ClN6O4S. The van der Waals surface area contributed by atoms with Crippen molar-refractivity contribution in [1.82, 2.24) is 25.1 Å². The molecule has 0 saturated carbocycles. The summed E-state index contributed by atoms with van der Waals surface area (Å²) in [5, 5.41) is 12.1. The molecule has 6 aromatic rings. The van der Waals surface area contributed by atoms with Gasteiger partial charge in [0.25, 0.3) is 11.8 Å². The summed E-state index contributed by atoms with van der Waals surface area (Å²) in [5.74, 6) is 1.09. The fourth-order valence-corrected chi connectivity index (χ4v) is 9.07. The fourth-order valence-electron chi connectivity index (χ4n) is 7.78. The van der Waals surface area contributed by atoms with Gasteiger partial charge in [-0.05, 0) is 90.9 Å². The normalized spacial score (nSPS) is 17.8. The molecule has 2 unspecified atom stereocenters. The number of H-pyrrole nitrogens is 1. The zero-order valence-electron chi connectivity index (χ0n) is 26.6. The Labute approximate surface area is 290 Å². The minimum Gasteiger partial charge on any atom is -0.496 e. The summed E-state index contributed by atoms with van der Waals surface area (Å²) in [6.07, 6.45) is 6.66. The summed E-state index contributed by atoms with van der Waals surface area (Å²) in [4.78, 5) is 39.3. The first-order valence-corrected chi connectivity index (χ1v) is 17.7. The molecule has 1 fully saturated rings. The van der Waals surface area contributed by atoms with Crippen molar-refractivity contribution >= 4 is 44.7 Å². The summed E-state index contributed by atoms with van der Waals surface area (Å²) < 4.78 is 12.2. The second-order valence-corrected chi connectivity index (χ2v) is 14.2. The molecule has 1 aliphatic carbocycles. The van der Waals surface area contributed by atoms with Gasteiger partial charge in [0.05, 0.1) is 46.4 Å². The van der Waals surface area contributed by atoms with Crippen LogP contribution in [0.2, 0.25) is 5.02 Å². The number of aromatic amines is 1. The summed E-state index contributed by atoms with van der Waals surface area (Å²) in [5.41, 5.74) is 6.88. The second kappa shape index (κ2) is 11.9. The van der Waals surface area contributed by atoms with Gasteiger partial charge in [0.1, 0.15) is 11.6 Å². The zero-order valence-corrected chi connectivity index (χ0v) is 28.2. The zero-order chi connectivity index (χ0) is 33.2. The van der Waals surface area contributed by atoms with Crippen LogP contribution >= 0.6 is 22.9 Å². The van der Waals surface area contributed by atoms with Gasteiger partial charge in [0.15, 0.2) is 0 Å². The molecule has 10 nitrogen and oxygen atoms in total. The van der Waals surface area contributed by atoms with E-state index in [1.165, 1.54) is 11.1 Å². The van der Waals surface area contributed by atoms with Crippen molar-refractivity contribution in [3.8, 4) is 27.6 Å². The number of aromatic nitrogens is 4. The third kappa shape index (κ3) is 5.02. The number of anilines is 1. The minimum absolute atomic E-state index is 0.0474. The summed E-state index contributed by atoms with van der Waals surface area (Å²) in [7, 11) is 1.71. The number of pyridine rings is 2. The van der Waals surface area contributed by atoms with Crippen molar-refractivity contribution in [3.63, 3.8) is 0 Å². The molecule has 4 aromatic heterocycles. The largest absolute Gasteiger partial charge is 0.496 e. The maximum Gasteiger partial charge on any atom is 0.434 e. The Kier molecular flexibility index (Phi) is 7.28. The van der Waals surface area contributed by atoms with Crippen LogP contribution in [-0.4, -0.2) is 44.6 Å². The number of carbonyl (C=O) groups excluding carboxylic acids is 1. The standard InChI is InChI=1S/C37H31ClN6O4S/c1-47-27-6-2-4-22-23(27)12-14-24(22)41-34-33-20(15-16-39-34)18-28(49-33)30-29(35-42-43-37(46)48-35)25(13-9-19-7-10-21(38)11-8-19)40-32-26-5-3-17-44(26)36(45)31(30)32/h2,4,6-8,10-11,15-16,18,24,26H,3,5,9,12-14,17H2,1H3,(H,39,41)(H,43,46). The Morgan fingerprint density at radius 3 is 2.78 bits per heavy atom. The summed E-state index contributed by atoms with van der Waals surface area (Å²) in [6, 6.07) is 18.0. The monoisotopic (exact) mass is 690 g/mol. The number of thiophene rings is 1. The lowest BCUT2D eigenvalue weighted by Gasteiger charge is -2.16. The summed E-state index contributed by atoms with van der Waals surface area (Å²) in [6.45, 7) is 0.685. The molecule has 9 rings (SSSR count). The van der Waals surface area contributed by atoms with Crippen LogP contribution in [-0.2, 0) is 19.3 Å². The van der Waals surface area contributed by atoms with Gasteiger partial charge >= 0.3 is 5.76 Å². The van der Waals surface area contributed by atoms with Crippen LogP contribution in [0.3, 0.4) is 0 Å². The van der Waals surface area contributed by atoms with Gasteiger partial charge in [-0.3, -0.25) is 9.78 Å². The number of carbonyl (C=O) groups is 1. The van der Waals surface area contributed by atoms with E-state index in [0.717, 1.165) is 69.2 Å². The average molecular weight is 691 g/mol. The maximum atomic E-state index is 14.2. The lowest BCUT2D eigenvalue weighted by molar-refractivity contribution is 0.0776. The molecule has 1 amide bonds. The molecule has 2 aliphatic heterocycles. The quantitative estimate of drug-likeness (QED) is 0.168. The number of nitrogens with zero attached hydrogens (tertiary/aromatic N) is 4. The van der Waals surface area contributed by atoms with E-state index in [0.29, 0.717) is 41.1 Å². The van der Waals surface area contributed by atoms with Gasteiger partial charge in [-0.2, -0.15) is 0 Å². The summed E-state index contributed by atoms with van der Waals surface area (Å²) >= 11 is 7.73. The highest BCUT2D eigenvalue weighted by atomic mass is 35.5. The molecule has 1 saturated heterocycles. The Hall–Kier alpha value is -5.00. The van der Waals surface area contributed by atoms with E-state index < -0.39 is 5.76 Å². The Morgan fingerprint density at radius 1 is 1.08 bits per heavy atom. The predicted octanol–water partition coefficient (Wildman–Crippen LogP) is 7.54. The highest BCUT2D eigenvalue weighted by Gasteiger charge is 2.45. The number of methoxy groups -OCH3 is 1. The first-order valence-electron chi connectivity index (χ1n) is 16.5. The Bertz CT molecular complexity index is 2330. The average Bonchev–Trinajstić information content (AvgIpc) is 3.95. The molecule has 3 aliphatic rings. The molecule has 2 N–H and O–H groups in total. The molecule has 246 valence electrons. The van der Waals surface area contributed by atoms with Crippen molar-refractivity contribution in [2.45, 2.75) is 50.6 Å². The van der Waals surface area contributed by atoms with Crippen molar-refractivity contribution in [1.29, 1.82) is 0 Å². The maximum absolute atomic E-state index is 14.2. The second-order valence-electron chi connectivity index (χ2n) is 12.7. The van der Waals surface area contributed by atoms with Crippen molar-refractivity contribution in [2.24, 2.45) is 0 Å². The lowest BCUT2D eigenvalue weighted by Crippen LogP contribution is -2.22. The molecule has 0 radical (unpaired) electrons. The van der Waals surface area contributed by atoms with E-state index >= 15 is 0 Å². The van der Waals surface area contributed by atoms with Crippen LogP contribution in [0.5, 0.6) is 5.75 Å². The molecule has 0 bridgehead atoms. The van der Waals surface area contributed by atoms with Gasteiger partial charge < -0.3 is 19.4 Å². The number of halogens is 1. The number of fused-ring (bicyclic) bond motifs is 5. The van der Waals surface area contributed by atoms with E-state index in [-0.39, 0.29) is 23.9 Å². The minimum atomic E-state index is -0.669. The van der Waals surface area contributed by atoms with E-state index in [2.05, 4.69) is 27.6 Å². The topological polar surface area (TPSA) is 126 Å². The van der Waals surface area contributed by atoms with E-state index in [4.69, 9.17) is 30.7 Å². The van der Waals surface area contributed by atoms with Crippen LogP contribution in [0.1, 0.15) is 69.8 Å². The van der Waals surface area contributed by atoms with Crippen molar-refractivity contribution < 1.29 is 13.9 Å². The predicted molar refractivity (Wildman–Crippen MR) is 189 cm³/mol. The van der Waals surface area contributed by atoms with Crippen LogP contribution in [0.4, 0.5) is 5.82 Å². The van der Waals surface area contributed by atoms with Crippen LogP contribution in [0.15, 0.2) is 70.0 Å². The SMILES string of the molecule is COc1cccc2c1CCC2Nc1nccc2cc(-c3c4c(nc(CCc5ccc(Cl)cc5)c3-c3n[nH]c(=O)o3)C3CCCN3C4=O)sc12. The first kappa shape index (κ1) is 30.1. The molecule has 2 atom stereocenters. The first-order chi connectivity index (χ1) is 24.0. The number of ether oxygens (including phenoxy) is 1. The molecule has 2 aromatic carbocycles. The third-order valence-corrected chi connectivity index (χ3v) is 11.4. The Morgan fingerprint density at radius 2 is 1.96 bits per heavy atom. The van der Waals surface area contributed by atoms with E-state index in [1.54, 1.807) is 18.4 Å². The van der Waals surface area contributed by atoms with Crippen LogP contribution in [0.25, 0.3) is 32.0 Å². The Balaban J connectivity index is 1.20. The third-order valence-electron chi connectivity index (χ3n) is 10.00. The molecule has 0 spiro atoms. The number of rotatable bonds is 8. The number of nitrogens with one attached hydrogen (secondary N) is 2. The number of benzene rings is 2. The van der Waals surface area contributed by atoms with Gasteiger partial charge in [0, 0.05) is 28.2 Å². The van der Waals surface area contributed by atoms with Gasteiger partial charge in [-0.25, -0.2) is 14.9 Å². The van der Waals surface area contributed by atoms with Crippen molar-refractivity contribution in [3.05, 3.63) is 110 Å². The highest BCUT2D eigenvalue weighted by molar-refractivity contribution is 7.23. The number of hydrogen-bond acceptors (Lipinski definition) is 9. The highest BCUT2D eigenvalue weighted by Crippen LogP contribution is 2.50. The van der Waals surface area contributed by atoms with E-state index in [9.17, 15) is 9.59 Å². The van der Waals surface area contributed by atoms with Gasteiger partial charge in [-0.1, -0.05) is 35.9 Å². The van der Waals surface area contributed by atoms with Gasteiger partial charge in [0.2, 0.25) is 0 Å². The van der Waals surface area contributed by atoms with Crippen LogP contribution in [0, 0.1) is 0 Å². The molecular weight excluding hydrogens is 660 g/mol. The van der Waals surface area contributed by atoms with E-state index in [1.807, 2.05) is 53.6 Å². The number of hydrogen-bond donors (Lipinski definition) is 2.